The zero-order chi connectivity index (χ0) is 15.4. The van der Waals surface area contributed by atoms with Gasteiger partial charge in [-0.3, -0.25) is 4.79 Å². The summed E-state index contributed by atoms with van der Waals surface area (Å²) in [7, 11) is 0. The maximum atomic E-state index is 11.9. The molecule has 21 heavy (non-hydrogen) atoms. The van der Waals surface area contributed by atoms with Crippen molar-refractivity contribution in [3.05, 3.63) is 63.6 Å². The Bertz CT molecular complexity index is 677. The number of benzene rings is 2. The summed E-state index contributed by atoms with van der Waals surface area (Å²) < 4.78 is 5.80. The van der Waals surface area contributed by atoms with Gasteiger partial charge in [-0.15, -0.1) is 0 Å². The maximum Gasteiger partial charge on any atom is 0.342 e. The van der Waals surface area contributed by atoms with Crippen LogP contribution in [0.4, 0.5) is 0 Å². The van der Waals surface area contributed by atoms with Crippen LogP contribution < -0.4 is 0 Å². The lowest BCUT2D eigenvalue weighted by Gasteiger charge is -2.06. The van der Waals surface area contributed by atoms with Crippen molar-refractivity contribution in [2.75, 3.05) is 6.61 Å². The van der Waals surface area contributed by atoms with Crippen LogP contribution in [0.3, 0.4) is 0 Å². The summed E-state index contributed by atoms with van der Waals surface area (Å²) in [6.45, 7) is 1.43. The topological polar surface area (TPSA) is 63.6 Å². The molecule has 0 spiro atoms. The Balaban J connectivity index is 2.00. The Hall–Kier alpha value is -2.14. The second-order valence-corrected chi connectivity index (χ2v) is 5.44. The molecule has 0 aromatic heterocycles. The minimum absolute atomic E-state index is 0.0456. The second-order valence-electron chi connectivity index (χ2n) is 4.53. The molecule has 0 saturated carbocycles. The van der Waals surface area contributed by atoms with Crippen LogP contribution in [0.25, 0.3) is 0 Å². The van der Waals surface area contributed by atoms with Gasteiger partial charge in [0, 0.05) is 10.0 Å². The minimum Gasteiger partial charge on any atom is -0.507 e. The summed E-state index contributed by atoms with van der Waals surface area (Å²) in [6, 6.07) is 11.4. The fourth-order valence-electron chi connectivity index (χ4n) is 1.74. The average molecular weight is 349 g/mol. The fraction of sp³-hybridized carbons (Fsp3) is 0.125. The molecule has 2 aromatic rings. The molecule has 0 unspecified atom stereocenters. The highest BCUT2D eigenvalue weighted by Gasteiger charge is 2.15. The molecule has 0 amide bonds. The molecule has 5 heteroatoms. The fourth-order valence-corrected chi connectivity index (χ4v) is 2.01. The molecule has 0 bridgehead atoms. The zero-order valence-corrected chi connectivity index (χ0v) is 12.9. The van der Waals surface area contributed by atoms with Crippen molar-refractivity contribution in [2.24, 2.45) is 0 Å². The van der Waals surface area contributed by atoms with Gasteiger partial charge in [0.1, 0.15) is 11.3 Å². The Labute approximate surface area is 130 Å². The third-order valence-corrected chi connectivity index (χ3v) is 3.40. The van der Waals surface area contributed by atoms with E-state index >= 15 is 0 Å². The van der Waals surface area contributed by atoms with Crippen LogP contribution in [-0.2, 0) is 4.74 Å². The molecule has 4 nitrogen and oxygen atoms in total. The van der Waals surface area contributed by atoms with Gasteiger partial charge >= 0.3 is 5.97 Å². The lowest BCUT2D eigenvalue weighted by atomic mass is 10.1. The Kier molecular flexibility index (Phi) is 4.75. The van der Waals surface area contributed by atoms with Crippen molar-refractivity contribution < 1.29 is 19.4 Å². The number of esters is 1. The number of hydrogen-bond acceptors (Lipinski definition) is 4. The molecular weight excluding hydrogens is 336 g/mol. The molecule has 0 aliphatic heterocycles. The Morgan fingerprint density at radius 1 is 1.14 bits per heavy atom. The molecule has 108 valence electrons. The van der Waals surface area contributed by atoms with Gasteiger partial charge in [0.15, 0.2) is 12.4 Å². The first-order valence-electron chi connectivity index (χ1n) is 6.23. The number of rotatable bonds is 4. The van der Waals surface area contributed by atoms with E-state index in [1.54, 1.807) is 37.3 Å². The van der Waals surface area contributed by atoms with Crippen molar-refractivity contribution in [3.8, 4) is 5.75 Å². The summed E-state index contributed by atoms with van der Waals surface area (Å²) in [5.41, 5.74) is 1.33. The minimum atomic E-state index is -0.724. The van der Waals surface area contributed by atoms with E-state index < -0.39 is 5.97 Å². The first-order valence-corrected chi connectivity index (χ1v) is 7.02. The molecule has 0 radical (unpaired) electrons. The predicted octanol–water partition coefficient (Wildman–Crippen LogP) is 3.50. The summed E-state index contributed by atoms with van der Waals surface area (Å²) >= 11 is 3.28. The third kappa shape index (κ3) is 3.92. The van der Waals surface area contributed by atoms with Crippen LogP contribution in [0.15, 0.2) is 46.9 Å². The number of aryl methyl sites for hydroxylation is 1. The molecule has 0 fully saturated rings. The number of phenols is 1. The van der Waals surface area contributed by atoms with E-state index in [1.807, 2.05) is 0 Å². The highest BCUT2D eigenvalue weighted by molar-refractivity contribution is 9.10. The van der Waals surface area contributed by atoms with Crippen molar-refractivity contribution in [3.63, 3.8) is 0 Å². The first-order chi connectivity index (χ1) is 9.97. The van der Waals surface area contributed by atoms with Gasteiger partial charge in [-0.05, 0) is 36.8 Å². The monoisotopic (exact) mass is 348 g/mol. The highest BCUT2D eigenvalue weighted by atomic mass is 79.9. The van der Waals surface area contributed by atoms with E-state index in [0.29, 0.717) is 5.56 Å². The van der Waals surface area contributed by atoms with Gasteiger partial charge in [0.05, 0.1) is 0 Å². The summed E-state index contributed by atoms with van der Waals surface area (Å²) in [4.78, 5) is 23.7. The van der Waals surface area contributed by atoms with Crippen LogP contribution in [0, 0.1) is 6.92 Å². The molecule has 0 heterocycles. The lowest BCUT2D eigenvalue weighted by Crippen LogP contribution is -2.14. The van der Waals surface area contributed by atoms with Gasteiger partial charge in [0.2, 0.25) is 0 Å². The Morgan fingerprint density at radius 3 is 2.43 bits per heavy atom. The molecule has 2 aromatic carbocycles. The number of halogens is 1. The number of ketones is 1. The standard InChI is InChI=1S/C16H13BrO4/c1-10-2-7-13(14(18)8-10)16(20)21-9-15(19)11-3-5-12(17)6-4-11/h2-8,18H,9H2,1H3. The summed E-state index contributed by atoms with van der Waals surface area (Å²) in [6.07, 6.45) is 0. The second kappa shape index (κ2) is 6.54. The number of hydrogen-bond donors (Lipinski definition) is 1. The average Bonchev–Trinajstić information content (AvgIpc) is 2.45. The van der Waals surface area contributed by atoms with Gasteiger partial charge in [0.25, 0.3) is 0 Å². The smallest absolute Gasteiger partial charge is 0.342 e. The highest BCUT2D eigenvalue weighted by Crippen LogP contribution is 2.19. The number of carbonyl (C=O) groups excluding carboxylic acids is 2. The van der Waals surface area contributed by atoms with Crippen molar-refractivity contribution in [2.45, 2.75) is 6.92 Å². The van der Waals surface area contributed by atoms with Gasteiger partial charge < -0.3 is 9.84 Å². The zero-order valence-electron chi connectivity index (χ0n) is 11.3. The van der Waals surface area contributed by atoms with E-state index in [9.17, 15) is 14.7 Å². The van der Waals surface area contributed by atoms with Crippen LogP contribution >= 0.6 is 15.9 Å². The predicted molar refractivity (Wildman–Crippen MR) is 81.6 cm³/mol. The number of Topliss-reactive ketones (excluding diaryl/α,β-unsaturated/α-hetero) is 1. The van der Waals surface area contributed by atoms with E-state index in [4.69, 9.17) is 4.74 Å². The first kappa shape index (κ1) is 15.3. The quantitative estimate of drug-likeness (QED) is 0.678. The number of phenolic OH excluding ortho intramolecular Hbond substituents is 1. The lowest BCUT2D eigenvalue weighted by molar-refractivity contribution is 0.0472. The van der Waals surface area contributed by atoms with E-state index in [-0.39, 0.29) is 23.7 Å². The van der Waals surface area contributed by atoms with Gasteiger partial charge in [-0.25, -0.2) is 4.79 Å². The van der Waals surface area contributed by atoms with Crippen LogP contribution in [0.5, 0.6) is 5.75 Å². The van der Waals surface area contributed by atoms with E-state index in [2.05, 4.69) is 15.9 Å². The molecule has 0 aliphatic carbocycles. The van der Waals surface area contributed by atoms with Gasteiger partial charge in [-0.2, -0.15) is 0 Å². The van der Waals surface area contributed by atoms with Crippen molar-refractivity contribution >= 4 is 27.7 Å². The van der Waals surface area contributed by atoms with Crippen LogP contribution in [0.1, 0.15) is 26.3 Å². The molecular formula is C16H13BrO4. The van der Waals surface area contributed by atoms with Gasteiger partial charge in [-0.1, -0.05) is 34.1 Å². The Morgan fingerprint density at radius 2 is 1.81 bits per heavy atom. The molecule has 1 N–H and O–H groups in total. The maximum absolute atomic E-state index is 11.9. The SMILES string of the molecule is Cc1ccc(C(=O)OCC(=O)c2ccc(Br)cc2)c(O)c1. The molecule has 2 rings (SSSR count). The largest absolute Gasteiger partial charge is 0.507 e. The van der Waals surface area contributed by atoms with E-state index in [0.717, 1.165) is 10.0 Å². The number of carbonyl (C=O) groups is 2. The van der Waals surface area contributed by atoms with Crippen molar-refractivity contribution in [1.82, 2.24) is 0 Å². The molecule has 0 saturated heterocycles. The number of ether oxygens (including phenoxy) is 1. The molecule has 0 atom stereocenters. The normalized spacial score (nSPS) is 10.2. The summed E-state index contributed by atoms with van der Waals surface area (Å²) in [5.74, 6) is -1.18. The van der Waals surface area contributed by atoms with Crippen LogP contribution in [-0.4, -0.2) is 23.5 Å². The number of aromatic hydroxyl groups is 1. The van der Waals surface area contributed by atoms with Crippen molar-refractivity contribution in [1.29, 1.82) is 0 Å². The molecule has 0 aliphatic rings. The van der Waals surface area contributed by atoms with E-state index in [1.165, 1.54) is 12.1 Å². The third-order valence-electron chi connectivity index (χ3n) is 2.87. The summed E-state index contributed by atoms with van der Waals surface area (Å²) in [5, 5.41) is 9.68. The van der Waals surface area contributed by atoms with Crippen LogP contribution in [0.2, 0.25) is 0 Å².